The van der Waals surface area contributed by atoms with Crippen LogP contribution in [-0.2, 0) is 4.79 Å². The Morgan fingerprint density at radius 2 is 2.00 bits per heavy atom. The minimum absolute atomic E-state index is 0.0264. The van der Waals surface area contributed by atoms with E-state index in [0.717, 1.165) is 0 Å². The lowest BCUT2D eigenvalue weighted by molar-refractivity contribution is -0.121. The fourth-order valence-corrected chi connectivity index (χ4v) is 1.32. The van der Waals surface area contributed by atoms with Crippen LogP contribution < -0.4 is 10.1 Å². The number of hydrogen-bond acceptors (Lipinski definition) is 3. The van der Waals surface area contributed by atoms with E-state index >= 15 is 0 Å². The molecule has 0 heterocycles. The third-order valence-electron chi connectivity index (χ3n) is 2.30. The van der Waals surface area contributed by atoms with E-state index in [4.69, 9.17) is 0 Å². The van der Waals surface area contributed by atoms with Crippen LogP contribution in [0.1, 0.15) is 25.0 Å². The first kappa shape index (κ1) is 14.4. The summed E-state index contributed by atoms with van der Waals surface area (Å²) in [6.07, 6.45) is -0.533. The van der Waals surface area contributed by atoms with Crippen LogP contribution in [0.4, 0.5) is 8.78 Å². The number of nitrogens with one attached hydrogen (secondary N) is 1. The Bertz CT molecular complexity index is 381. The molecule has 1 amide bonds. The Morgan fingerprint density at radius 1 is 1.39 bits per heavy atom. The summed E-state index contributed by atoms with van der Waals surface area (Å²) in [6.45, 7) is -1.08. The maximum atomic E-state index is 11.9. The Morgan fingerprint density at radius 3 is 2.50 bits per heavy atom. The zero-order chi connectivity index (χ0) is 13.5. The first-order valence-corrected chi connectivity index (χ1v) is 5.52. The van der Waals surface area contributed by atoms with Crippen LogP contribution in [0.15, 0.2) is 24.3 Å². The van der Waals surface area contributed by atoms with Crippen LogP contribution >= 0.6 is 0 Å². The number of alkyl halides is 2. The number of ether oxygens (including phenoxy) is 1. The molecule has 0 saturated carbocycles. The van der Waals surface area contributed by atoms with Crippen molar-refractivity contribution in [3.05, 3.63) is 29.8 Å². The molecule has 0 bridgehead atoms. The van der Waals surface area contributed by atoms with Crippen molar-refractivity contribution in [2.24, 2.45) is 0 Å². The minimum Gasteiger partial charge on any atom is -0.435 e. The van der Waals surface area contributed by atoms with Gasteiger partial charge in [-0.05, 0) is 17.7 Å². The molecule has 0 saturated heterocycles. The SMILES string of the molecule is CCC(=O)NCC(O)c1ccc(OC(F)F)cc1. The van der Waals surface area contributed by atoms with Gasteiger partial charge in [-0.3, -0.25) is 4.79 Å². The molecule has 1 aromatic rings. The molecule has 0 fully saturated rings. The molecule has 4 nitrogen and oxygen atoms in total. The molecule has 0 aliphatic heterocycles. The van der Waals surface area contributed by atoms with Gasteiger partial charge in [-0.1, -0.05) is 19.1 Å². The van der Waals surface area contributed by atoms with Crippen molar-refractivity contribution < 1.29 is 23.4 Å². The first-order valence-electron chi connectivity index (χ1n) is 5.52. The molecular weight excluding hydrogens is 244 g/mol. The van der Waals surface area contributed by atoms with Gasteiger partial charge in [0.2, 0.25) is 5.91 Å². The Kier molecular flexibility index (Phi) is 5.51. The highest BCUT2D eigenvalue weighted by Crippen LogP contribution is 2.18. The normalized spacial score (nSPS) is 12.3. The van der Waals surface area contributed by atoms with Crippen molar-refractivity contribution in [2.75, 3.05) is 6.54 Å². The Labute approximate surface area is 104 Å². The largest absolute Gasteiger partial charge is 0.435 e. The number of carbonyl (C=O) groups excluding carboxylic acids is 1. The van der Waals surface area contributed by atoms with E-state index in [1.54, 1.807) is 6.92 Å². The molecule has 1 aromatic carbocycles. The van der Waals surface area contributed by atoms with Crippen molar-refractivity contribution in [1.29, 1.82) is 0 Å². The summed E-state index contributed by atoms with van der Waals surface area (Å²) in [4.78, 5) is 11.0. The molecule has 6 heteroatoms. The molecule has 0 aromatic heterocycles. The van der Waals surface area contributed by atoms with Crippen LogP contribution in [0.3, 0.4) is 0 Å². The molecule has 2 N–H and O–H groups in total. The molecule has 0 aliphatic rings. The van der Waals surface area contributed by atoms with Crippen molar-refractivity contribution in [2.45, 2.75) is 26.1 Å². The highest BCUT2D eigenvalue weighted by atomic mass is 19.3. The number of aliphatic hydroxyl groups excluding tert-OH is 1. The second-order valence-electron chi connectivity index (χ2n) is 3.62. The molecule has 1 atom stereocenters. The van der Waals surface area contributed by atoms with Gasteiger partial charge in [0.05, 0.1) is 6.10 Å². The number of carbonyl (C=O) groups is 1. The Hall–Kier alpha value is -1.69. The summed E-state index contributed by atoms with van der Waals surface area (Å²) in [5.41, 5.74) is 0.521. The van der Waals surface area contributed by atoms with Crippen LogP contribution in [0.25, 0.3) is 0 Å². The third kappa shape index (κ3) is 4.67. The summed E-state index contributed by atoms with van der Waals surface area (Å²) in [5, 5.41) is 12.3. The number of hydrogen-bond donors (Lipinski definition) is 2. The molecule has 0 spiro atoms. The second-order valence-corrected chi connectivity index (χ2v) is 3.62. The van der Waals surface area contributed by atoms with Gasteiger partial charge in [0, 0.05) is 13.0 Å². The van der Waals surface area contributed by atoms with Gasteiger partial charge in [0.1, 0.15) is 5.75 Å². The maximum Gasteiger partial charge on any atom is 0.387 e. The lowest BCUT2D eigenvalue weighted by Gasteiger charge is -2.12. The molecule has 100 valence electrons. The second kappa shape index (κ2) is 6.90. The number of benzene rings is 1. The topological polar surface area (TPSA) is 58.6 Å². The zero-order valence-electron chi connectivity index (χ0n) is 9.90. The number of aliphatic hydroxyl groups is 1. The molecule has 1 rings (SSSR count). The van der Waals surface area contributed by atoms with E-state index in [1.807, 2.05) is 0 Å². The van der Waals surface area contributed by atoms with E-state index in [0.29, 0.717) is 12.0 Å². The van der Waals surface area contributed by atoms with E-state index < -0.39 is 12.7 Å². The monoisotopic (exact) mass is 259 g/mol. The van der Waals surface area contributed by atoms with Gasteiger partial charge in [-0.2, -0.15) is 8.78 Å². The first-order chi connectivity index (χ1) is 8.52. The van der Waals surface area contributed by atoms with Crippen LogP contribution in [0, 0.1) is 0 Å². The molecule has 18 heavy (non-hydrogen) atoms. The summed E-state index contributed by atoms with van der Waals surface area (Å²) in [6, 6.07) is 5.62. The van der Waals surface area contributed by atoms with Crippen LogP contribution in [0.5, 0.6) is 5.75 Å². The van der Waals surface area contributed by atoms with Crippen LogP contribution in [-0.4, -0.2) is 24.2 Å². The summed E-state index contributed by atoms with van der Waals surface area (Å²) < 4.78 is 28.0. The van der Waals surface area contributed by atoms with E-state index in [1.165, 1.54) is 24.3 Å². The van der Waals surface area contributed by atoms with E-state index in [-0.39, 0.29) is 18.2 Å². The average molecular weight is 259 g/mol. The van der Waals surface area contributed by atoms with Crippen molar-refractivity contribution in [3.8, 4) is 5.75 Å². The van der Waals surface area contributed by atoms with Gasteiger partial charge in [-0.25, -0.2) is 0 Å². The average Bonchev–Trinajstić information content (AvgIpc) is 2.35. The quantitative estimate of drug-likeness (QED) is 0.819. The highest BCUT2D eigenvalue weighted by Gasteiger charge is 2.10. The predicted octanol–water partition coefficient (Wildman–Crippen LogP) is 1.85. The summed E-state index contributed by atoms with van der Waals surface area (Å²) in [5.74, 6) is -0.134. The number of rotatable bonds is 6. The smallest absolute Gasteiger partial charge is 0.387 e. The Balaban J connectivity index is 2.53. The standard InChI is InChI=1S/C12H15F2NO3/c1-2-11(17)15-7-10(16)8-3-5-9(6-4-8)18-12(13)14/h3-6,10,12,16H,2,7H2,1H3,(H,15,17). The summed E-state index contributed by atoms with van der Waals surface area (Å²) >= 11 is 0. The van der Waals surface area contributed by atoms with Crippen molar-refractivity contribution in [1.82, 2.24) is 5.32 Å². The lowest BCUT2D eigenvalue weighted by atomic mass is 10.1. The molecule has 0 radical (unpaired) electrons. The van der Waals surface area contributed by atoms with Gasteiger partial charge < -0.3 is 15.2 Å². The zero-order valence-corrected chi connectivity index (χ0v) is 9.90. The van der Waals surface area contributed by atoms with Gasteiger partial charge >= 0.3 is 6.61 Å². The third-order valence-corrected chi connectivity index (χ3v) is 2.30. The molecule has 0 aliphatic carbocycles. The lowest BCUT2D eigenvalue weighted by Crippen LogP contribution is -2.27. The number of amides is 1. The predicted molar refractivity (Wildman–Crippen MR) is 61.3 cm³/mol. The molecule has 1 unspecified atom stereocenters. The fraction of sp³-hybridized carbons (Fsp3) is 0.417. The van der Waals surface area contributed by atoms with Crippen molar-refractivity contribution >= 4 is 5.91 Å². The maximum absolute atomic E-state index is 11.9. The number of halogens is 2. The van der Waals surface area contributed by atoms with Gasteiger partial charge in [0.15, 0.2) is 0 Å². The highest BCUT2D eigenvalue weighted by molar-refractivity contribution is 5.75. The van der Waals surface area contributed by atoms with Gasteiger partial charge in [0.25, 0.3) is 0 Å². The van der Waals surface area contributed by atoms with Crippen molar-refractivity contribution in [3.63, 3.8) is 0 Å². The van der Waals surface area contributed by atoms with Gasteiger partial charge in [-0.15, -0.1) is 0 Å². The fourth-order valence-electron chi connectivity index (χ4n) is 1.32. The van der Waals surface area contributed by atoms with Crippen LogP contribution in [0.2, 0.25) is 0 Å². The summed E-state index contributed by atoms with van der Waals surface area (Å²) in [7, 11) is 0. The van der Waals surface area contributed by atoms with E-state index in [2.05, 4.69) is 10.1 Å². The van der Waals surface area contributed by atoms with E-state index in [9.17, 15) is 18.7 Å². The minimum atomic E-state index is -2.87. The molecular formula is C12H15F2NO3.